The topological polar surface area (TPSA) is 22.1 Å². The van der Waals surface area contributed by atoms with Gasteiger partial charge in [0.25, 0.3) is 0 Å². The highest BCUT2D eigenvalue weighted by Crippen LogP contribution is 2.33. The van der Waals surface area contributed by atoms with Crippen LogP contribution in [-0.2, 0) is 5.88 Å². The molecule has 0 N–H and O–H groups in total. The van der Waals surface area contributed by atoms with E-state index < -0.39 is 0 Å². The summed E-state index contributed by atoms with van der Waals surface area (Å²) in [5.41, 5.74) is 2.86. The van der Waals surface area contributed by atoms with Crippen LogP contribution in [0.4, 0.5) is 0 Å². The van der Waals surface area contributed by atoms with E-state index in [4.69, 9.17) is 27.9 Å². The second-order valence-corrected chi connectivity index (χ2v) is 5.73. The maximum atomic E-state index is 5.97. The third kappa shape index (κ3) is 3.41. The van der Waals surface area contributed by atoms with E-state index >= 15 is 0 Å². The molecule has 0 unspecified atom stereocenters. The number of alkyl halides is 1. The fourth-order valence-electron chi connectivity index (χ4n) is 1.74. The SMILES string of the molecule is Cc1cc(C)c(CCl)c(Oc2ccc(Cl)cc2Br)n1. The first kappa shape index (κ1) is 14.6. The molecule has 100 valence electrons. The predicted molar refractivity (Wildman–Crippen MR) is 82.5 cm³/mol. The van der Waals surface area contributed by atoms with E-state index in [2.05, 4.69) is 20.9 Å². The van der Waals surface area contributed by atoms with Gasteiger partial charge in [-0.25, -0.2) is 4.98 Å². The van der Waals surface area contributed by atoms with Crippen molar-refractivity contribution in [3.8, 4) is 11.6 Å². The molecule has 0 saturated heterocycles. The first-order chi connectivity index (χ1) is 9.01. The standard InChI is InChI=1S/C14H12BrCl2NO/c1-8-5-9(2)18-14(11(8)7-16)19-13-4-3-10(17)6-12(13)15/h3-6H,7H2,1-2H3. The van der Waals surface area contributed by atoms with Gasteiger partial charge in [0.15, 0.2) is 0 Å². The molecule has 2 rings (SSSR count). The third-order valence-corrected chi connectivity index (χ3v) is 3.79. The van der Waals surface area contributed by atoms with E-state index in [1.807, 2.05) is 19.9 Å². The second kappa shape index (κ2) is 6.12. The number of pyridine rings is 1. The molecule has 1 heterocycles. The molecule has 0 radical (unpaired) electrons. The van der Waals surface area contributed by atoms with Crippen molar-refractivity contribution in [2.24, 2.45) is 0 Å². The third-order valence-electron chi connectivity index (χ3n) is 2.67. The molecule has 2 aromatic rings. The van der Waals surface area contributed by atoms with Crippen LogP contribution in [0.2, 0.25) is 5.02 Å². The van der Waals surface area contributed by atoms with Crippen LogP contribution in [0.15, 0.2) is 28.7 Å². The average Bonchev–Trinajstić information content (AvgIpc) is 2.32. The Kier molecular flexibility index (Phi) is 4.71. The maximum Gasteiger partial charge on any atom is 0.224 e. The van der Waals surface area contributed by atoms with Gasteiger partial charge in [0.1, 0.15) is 5.75 Å². The van der Waals surface area contributed by atoms with Crippen molar-refractivity contribution < 1.29 is 4.74 Å². The molecule has 2 nitrogen and oxygen atoms in total. The van der Waals surface area contributed by atoms with Crippen LogP contribution in [0.3, 0.4) is 0 Å². The van der Waals surface area contributed by atoms with Gasteiger partial charge in [0, 0.05) is 16.3 Å². The number of aromatic nitrogens is 1. The van der Waals surface area contributed by atoms with Crippen LogP contribution >= 0.6 is 39.1 Å². The first-order valence-corrected chi connectivity index (χ1v) is 7.38. The van der Waals surface area contributed by atoms with Gasteiger partial charge in [-0.2, -0.15) is 0 Å². The summed E-state index contributed by atoms with van der Waals surface area (Å²) < 4.78 is 6.63. The minimum atomic E-state index is 0.361. The Hall–Kier alpha value is -0.770. The van der Waals surface area contributed by atoms with Gasteiger partial charge < -0.3 is 4.74 Å². The van der Waals surface area contributed by atoms with Crippen molar-refractivity contribution in [2.75, 3.05) is 0 Å². The van der Waals surface area contributed by atoms with Crippen molar-refractivity contribution in [1.82, 2.24) is 4.98 Å². The number of aryl methyl sites for hydroxylation is 2. The van der Waals surface area contributed by atoms with E-state index in [0.717, 1.165) is 21.3 Å². The molecule has 0 fully saturated rings. The zero-order valence-corrected chi connectivity index (χ0v) is 13.6. The normalized spacial score (nSPS) is 10.6. The first-order valence-electron chi connectivity index (χ1n) is 5.67. The van der Waals surface area contributed by atoms with Gasteiger partial charge in [0.2, 0.25) is 5.88 Å². The molecule has 1 aromatic heterocycles. The lowest BCUT2D eigenvalue weighted by Gasteiger charge is -2.13. The van der Waals surface area contributed by atoms with Crippen molar-refractivity contribution in [3.05, 3.63) is 50.6 Å². The molecule has 19 heavy (non-hydrogen) atoms. The van der Waals surface area contributed by atoms with Crippen molar-refractivity contribution in [1.29, 1.82) is 0 Å². The second-order valence-electron chi connectivity index (χ2n) is 4.17. The van der Waals surface area contributed by atoms with E-state index in [1.54, 1.807) is 18.2 Å². The maximum absolute atomic E-state index is 5.97. The predicted octanol–water partition coefficient (Wildman–Crippen LogP) is 5.65. The highest BCUT2D eigenvalue weighted by Gasteiger charge is 2.12. The minimum absolute atomic E-state index is 0.361. The molecule has 0 atom stereocenters. The molecule has 0 aliphatic rings. The summed E-state index contributed by atoms with van der Waals surface area (Å²) in [4.78, 5) is 4.40. The number of hydrogen-bond donors (Lipinski definition) is 0. The van der Waals surface area contributed by atoms with Gasteiger partial charge >= 0.3 is 0 Å². The Labute approximate surface area is 130 Å². The lowest BCUT2D eigenvalue weighted by molar-refractivity contribution is 0.453. The molecule has 0 aliphatic heterocycles. The largest absolute Gasteiger partial charge is 0.437 e. The summed E-state index contributed by atoms with van der Waals surface area (Å²) in [6, 6.07) is 7.33. The number of hydrogen-bond acceptors (Lipinski definition) is 2. The van der Waals surface area contributed by atoms with Gasteiger partial charge in [-0.15, -0.1) is 11.6 Å². The fourth-order valence-corrected chi connectivity index (χ4v) is 2.83. The van der Waals surface area contributed by atoms with Gasteiger partial charge in [-0.1, -0.05) is 11.6 Å². The lowest BCUT2D eigenvalue weighted by Crippen LogP contribution is -1.98. The van der Waals surface area contributed by atoms with Crippen LogP contribution in [0.25, 0.3) is 0 Å². The van der Waals surface area contributed by atoms with E-state index in [-0.39, 0.29) is 0 Å². The number of ether oxygens (including phenoxy) is 1. The Balaban J connectivity index is 2.42. The Morgan fingerprint density at radius 2 is 2.00 bits per heavy atom. The molecular formula is C14H12BrCl2NO. The summed E-state index contributed by atoms with van der Waals surface area (Å²) in [5, 5.41) is 0.644. The molecule has 0 bridgehead atoms. The number of benzene rings is 1. The zero-order chi connectivity index (χ0) is 14.0. The molecule has 5 heteroatoms. The Morgan fingerprint density at radius 3 is 2.63 bits per heavy atom. The van der Waals surface area contributed by atoms with Crippen LogP contribution < -0.4 is 4.74 Å². The van der Waals surface area contributed by atoms with Crippen LogP contribution in [0, 0.1) is 13.8 Å². The Morgan fingerprint density at radius 1 is 1.26 bits per heavy atom. The number of nitrogens with zero attached hydrogens (tertiary/aromatic N) is 1. The summed E-state index contributed by atoms with van der Waals surface area (Å²) in [7, 11) is 0. The molecular weight excluding hydrogens is 349 g/mol. The van der Waals surface area contributed by atoms with Gasteiger partial charge in [0.05, 0.1) is 10.4 Å². The van der Waals surface area contributed by atoms with Crippen molar-refractivity contribution in [3.63, 3.8) is 0 Å². The molecule has 0 amide bonds. The van der Waals surface area contributed by atoms with E-state index in [0.29, 0.717) is 22.5 Å². The molecule has 1 aromatic carbocycles. The quantitative estimate of drug-likeness (QED) is 0.660. The van der Waals surface area contributed by atoms with Crippen molar-refractivity contribution in [2.45, 2.75) is 19.7 Å². The molecule has 0 aliphatic carbocycles. The summed E-state index contributed by atoms with van der Waals surface area (Å²) >= 11 is 15.3. The summed E-state index contributed by atoms with van der Waals surface area (Å²) in [6.07, 6.45) is 0. The van der Waals surface area contributed by atoms with Crippen LogP contribution in [0.1, 0.15) is 16.8 Å². The highest BCUT2D eigenvalue weighted by atomic mass is 79.9. The number of halogens is 3. The van der Waals surface area contributed by atoms with Gasteiger partial charge in [-0.05, 0) is 59.6 Å². The Bertz CT molecular complexity index is 617. The number of rotatable bonds is 3. The van der Waals surface area contributed by atoms with Crippen molar-refractivity contribution >= 4 is 39.1 Å². The van der Waals surface area contributed by atoms with Gasteiger partial charge in [-0.3, -0.25) is 0 Å². The lowest BCUT2D eigenvalue weighted by atomic mass is 10.1. The average molecular weight is 361 g/mol. The summed E-state index contributed by atoms with van der Waals surface area (Å²) in [5.74, 6) is 1.56. The van der Waals surface area contributed by atoms with Crippen LogP contribution in [-0.4, -0.2) is 4.98 Å². The monoisotopic (exact) mass is 359 g/mol. The highest BCUT2D eigenvalue weighted by molar-refractivity contribution is 9.10. The fraction of sp³-hybridized carbons (Fsp3) is 0.214. The van der Waals surface area contributed by atoms with Crippen LogP contribution in [0.5, 0.6) is 11.6 Å². The minimum Gasteiger partial charge on any atom is -0.437 e. The van der Waals surface area contributed by atoms with E-state index in [1.165, 1.54) is 0 Å². The molecule has 0 spiro atoms. The zero-order valence-electron chi connectivity index (χ0n) is 10.5. The smallest absolute Gasteiger partial charge is 0.224 e. The van der Waals surface area contributed by atoms with E-state index in [9.17, 15) is 0 Å². The molecule has 0 saturated carbocycles. The summed E-state index contributed by atoms with van der Waals surface area (Å²) in [6.45, 7) is 3.92.